The number of piperidine rings is 1. The van der Waals surface area contributed by atoms with Gasteiger partial charge in [0.15, 0.2) is 0 Å². The van der Waals surface area contributed by atoms with Crippen LogP contribution in [-0.2, 0) is 9.59 Å². The number of hydrogen-bond acceptors (Lipinski definition) is 3. The zero-order chi connectivity index (χ0) is 16.8. The number of likely N-dealkylation sites (tertiary alicyclic amines) is 1. The van der Waals surface area contributed by atoms with Crippen LogP contribution in [0.15, 0.2) is 0 Å². The molecule has 0 radical (unpaired) electrons. The first-order valence-electron chi connectivity index (χ1n) is 10.00. The smallest absolute Gasteiger partial charge is 0.234 e. The fourth-order valence-electron chi connectivity index (χ4n) is 4.02. The highest BCUT2D eigenvalue weighted by atomic mass is 16.2. The molecule has 0 spiro atoms. The highest BCUT2D eigenvalue weighted by Crippen LogP contribution is 2.28. The molecule has 0 aromatic carbocycles. The summed E-state index contributed by atoms with van der Waals surface area (Å²) in [5.41, 5.74) is 0. The zero-order valence-electron chi connectivity index (χ0n) is 14.9. The van der Waals surface area contributed by atoms with Crippen LogP contribution in [-0.4, -0.2) is 48.9 Å². The summed E-state index contributed by atoms with van der Waals surface area (Å²) in [7, 11) is 0. The van der Waals surface area contributed by atoms with Crippen molar-refractivity contribution < 1.29 is 9.59 Å². The van der Waals surface area contributed by atoms with E-state index in [2.05, 4.69) is 15.5 Å². The van der Waals surface area contributed by atoms with Gasteiger partial charge < -0.3 is 10.6 Å². The van der Waals surface area contributed by atoms with E-state index in [-0.39, 0.29) is 17.7 Å². The first-order valence-corrected chi connectivity index (χ1v) is 10.00. The van der Waals surface area contributed by atoms with Gasteiger partial charge in [-0.15, -0.1) is 0 Å². The van der Waals surface area contributed by atoms with Crippen molar-refractivity contribution in [3.05, 3.63) is 0 Å². The summed E-state index contributed by atoms with van der Waals surface area (Å²) >= 11 is 0. The second-order valence-electron chi connectivity index (χ2n) is 8.02. The first kappa shape index (κ1) is 17.7. The lowest BCUT2D eigenvalue weighted by Gasteiger charge is -2.32. The minimum absolute atomic E-state index is 0.0585. The van der Waals surface area contributed by atoms with Gasteiger partial charge in [0.2, 0.25) is 11.8 Å². The minimum atomic E-state index is 0.0585. The third-order valence-corrected chi connectivity index (χ3v) is 5.73. The lowest BCUT2D eigenvalue weighted by molar-refractivity contribution is -0.129. The zero-order valence-corrected chi connectivity index (χ0v) is 14.9. The Morgan fingerprint density at radius 3 is 2.38 bits per heavy atom. The molecule has 2 amide bonds. The summed E-state index contributed by atoms with van der Waals surface area (Å²) < 4.78 is 0. The number of nitrogens with zero attached hydrogens (tertiary/aromatic N) is 1. The van der Waals surface area contributed by atoms with Crippen LogP contribution in [0.2, 0.25) is 0 Å². The summed E-state index contributed by atoms with van der Waals surface area (Å²) in [6, 6.07) is 0.363. The highest BCUT2D eigenvalue weighted by Gasteiger charge is 2.29. The second kappa shape index (κ2) is 8.84. The van der Waals surface area contributed by atoms with Gasteiger partial charge in [-0.3, -0.25) is 14.5 Å². The number of hydrogen-bond donors (Lipinski definition) is 2. The molecule has 5 nitrogen and oxygen atoms in total. The molecule has 2 N–H and O–H groups in total. The van der Waals surface area contributed by atoms with Gasteiger partial charge in [-0.25, -0.2) is 0 Å². The summed E-state index contributed by atoms with van der Waals surface area (Å²) in [5, 5.41) is 6.31. The van der Waals surface area contributed by atoms with Crippen LogP contribution in [0.3, 0.4) is 0 Å². The van der Waals surface area contributed by atoms with Crippen molar-refractivity contribution in [2.75, 3.05) is 26.2 Å². The fraction of sp³-hybridized carbons (Fsp3) is 0.895. The van der Waals surface area contributed by atoms with Crippen molar-refractivity contribution in [2.24, 2.45) is 11.8 Å². The Balaban J connectivity index is 1.38. The van der Waals surface area contributed by atoms with E-state index in [1.807, 2.05) is 0 Å². The number of carbonyl (C=O) groups excluding carboxylic acids is 2. The molecule has 0 bridgehead atoms. The van der Waals surface area contributed by atoms with Crippen molar-refractivity contribution in [1.29, 1.82) is 0 Å². The molecular weight excluding hydrogens is 302 g/mol. The van der Waals surface area contributed by atoms with Crippen LogP contribution >= 0.6 is 0 Å². The molecule has 3 rings (SSSR count). The van der Waals surface area contributed by atoms with Crippen LogP contribution in [0.25, 0.3) is 0 Å². The van der Waals surface area contributed by atoms with Gasteiger partial charge in [-0.2, -0.15) is 0 Å². The SMILES string of the molecule is O=C(CN1CCCC(C(=O)NCC2CC2)C1)NC1CCCCCC1. The summed E-state index contributed by atoms with van der Waals surface area (Å²) in [6.07, 6.45) is 11.8. The van der Waals surface area contributed by atoms with Crippen LogP contribution in [0.1, 0.15) is 64.2 Å². The van der Waals surface area contributed by atoms with E-state index < -0.39 is 0 Å². The standard InChI is InChI=1S/C19H33N3O2/c23-18(21-17-7-3-1-2-4-8-17)14-22-11-5-6-16(13-22)19(24)20-12-15-9-10-15/h15-17H,1-14H2,(H,20,24)(H,21,23). The molecular formula is C19H33N3O2. The van der Waals surface area contributed by atoms with Gasteiger partial charge in [0.25, 0.3) is 0 Å². The van der Waals surface area contributed by atoms with E-state index in [9.17, 15) is 9.59 Å². The Morgan fingerprint density at radius 1 is 0.917 bits per heavy atom. The maximum atomic E-state index is 12.3. The minimum Gasteiger partial charge on any atom is -0.356 e. The Morgan fingerprint density at radius 2 is 1.67 bits per heavy atom. The molecule has 136 valence electrons. The molecule has 1 unspecified atom stereocenters. The topological polar surface area (TPSA) is 61.4 Å². The van der Waals surface area contributed by atoms with E-state index in [1.165, 1.54) is 38.5 Å². The van der Waals surface area contributed by atoms with Gasteiger partial charge in [0, 0.05) is 19.1 Å². The van der Waals surface area contributed by atoms with Crippen LogP contribution in [0.4, 0.5) is 0 Å². The Labute approximate surface area is 145 Å². The molecule has 1 atom stereocenters. The van der Waals surface area contributed by atoms with E-state index in [1.54, 1.807) is 0 Å². The first-order chi connectivity index (χ1) is 11.7. The Kier molecular flexibility index (Phi) is 6.52. The van der Waals surface area contributed by atoms with Crippen molar-refractivity contribution in [1.82, 2.24) is 15.5 Å². The molecule has 3 fully saturated rings. The summed E-state index contributed by atoms with van der Waals surface area (Å²) in [5.74, 6) is 1.11. The molecule has 1 heterocycles. The van der Waals surface area contributed by atoms with Crippen LogP contribution in [0.5, 0.6) is 0 Å². The Hall–Kier alpha value is -1.10. The maximum Gasteiger partial charge on any atom is 0.234 e. The normalized spacial score (nSPS) is 26.6. The monoisotopic (exact) mass is 335 g/mol. The van der Waals surface area contributed by atoms with Gasteiger partial charge in [0.05, 0.1) is 12.5 Å². The van der Waals surface area contributed by atoms with E-state index >= 15 is 0 Å². The summed E-state index contributed by atoms with van der Waals surface area (Å²) in [6.45, 7) is 2.96. The molecule has 1 aliphatic heterocycles. The van der Waals surface area contributed by atoms with Gasteiger partial charge in [-0.1, -0.05) is 25.7 Å². The number of rotatable bonds is 6. The molecule has 2 aliphatic carbocycles. The lowest BCUT2D eigenvalue weighted by Crippen LogP contribution is -2.48. The molecule has 24 heavy (non-hydrogen) atoms. The number of amides is 2. The molecule has 5 heteroatoms. The average molecular weight is 335 g/mol. The molecule has 0 aromatic heterocycles. The van der Waals surface area contributed by atoms with Crippen molar-refractivity contribution in [2.45, 2.75) is 70.3 Å². The average Bonchev–Trinajstić information content (AvgIpc) is 3.40. The van der Waals surface area contributed by atoms with Crippen LogP contribution in [0, 0.1) is 11.8 Å². The van der Waals surface area contributed by atoms with Crippen LogP contribution < -0.4 is 10.6 Å². The highest BCUT2D eigenvalue weighted by molar-refractivity contribution is 5.80. The van der Waals surface area contributed by atoms with Crippen molar-refractivity contribution >= 4 is 11.8 Å². The van der Waals surface area contributed by atoms with Gasteiger partial charge in [0.1, 0.15) is 0 Å². The fourth-order valence-corrected chi connectivity index (χ4v) is 4.02. The van der Waals surface area contributed by atoms with Crippen molar-refractivity contribution in [3.63, 3.8) is 0 Å². The third kappa shape index (κ3) is 5.76. The van der Waals surface area contributed by atoms with Crippen molar-refractivity contribution in [3.8, 4) is 0 Å². The van der Waals surface area contributed by atoms with E-state index in [0.717, 1.165) is 51.2 Å². The van der Waals surface area contributed by atoms with E-state index in [0.29, 0.717) is 12.6 Å². The second-order valence-corrected chi connectivity index (χ2v) is 8.02. The lowest BCUT2D eigenvalue weighted by atomic mass is 9.97. The molecule has 2 saturated carbocycles. The predicted octanol–water partition coefficient (Wildman–Crippen LogP) is 2.06. The largest absolute Gasteiger partial charge is 0.356 e. The van der Waals surface area contributed by atoms with E-state index in [4.69, 9.17) is 0 Å². The molecule has 0 aromatic rings. The number of nitrogens with one attached hydrogen (secondary N) is 2. The van der Waals surface area contributed by atoms with Gasteiger partial charge >= 0.3 is 0 Å². The van der Waals surface area contributed by atoms with Gasteiger partial charge in [-0.05, 0) is 51.0 Å². The number of carbonyl (C=O) groups is 2. The summed E-state index contributed by atoms with van der Waals surface area (Å²) in [4.78, 5) is 26.8. The molecule has 1 saturated heterocycles. The maximum absolute atomic E-state index is 12.3. The Bertz CT molecular complexity index is 428. The third-order valence-electron chi connectivity index (χ3n) is 5.73. The molecule has 3 aliphatic rings. The quantitative estimate of drug-likeness (QED) is 0.731. The predicted molar refractivity (Wildman–Crippen MR) is 94.5 cm³/mol.